The van der Waals surface area contributed by atoms with Crippen molar-refractivity contribution < 1.29 is 19.0 Å². The van der Waals surface area contributed by atoms with Crippen LogP contribution in [0.15, 0.2) is 12.1 Å². The van der Waals surface area contributed by atoms with Crippen LogP contribution in [0.1, 0.15) is 18.4 Å². The Morgan fingerprint density at radius 1 is 1.38 bits per heavy atom. The summed E-state index contributed by atoms with van der Waals surface area (Å²) in [5.41, 5.74) is 1.02. The number of benzene rings is 1. The SMILES string of the molecule is COC(=O)CCN(C)Cc1cc(Cl)c2c(c1)OCCCO2. The number of methoxy groups -OCH3 is 1. The molecule has 0 saturated heterocycles. The van der Waals surface area contributed by atoms with E-state index in [1.54, 1.807) is 0 Å². The Balaban J connectivity index is 2.02. The topological polar surface area (TPSA) is 48.0 Å². The average molecular weight is 314 g/mol. The molecule has 0 fully saturated rings. The maximum absolute atomic E-state index is 11.1. The maximum atomic E-state index is 11.1. The first-order valence-corrected chi connectivity index (χ1v) is 7.31. The summed E-state index contributed by atoms with van der Waals surface area (Å²) in [5.74, 6) is 1.10. The monoisotopic (exact) mass is 313 g/mol. The van der Waals surface area contributed by atoms with Gasteiger partial charge >= 0.3 is 5.97 Å². The molecular formula is C15H20ClNO4. The molecule has 0 unspecified atom stereocenters. The highest BCUT2D eigenvalue weighted by molar-refractivity contribution is 6.32. The molecule has 1 aromatic carbocycles. The molecule has 1 aliphatic heterocycles. The fourth-order valence-corrected chi connectivity index (χ4v) is 2.44. The second-order valence-electron chi connectivity index (χ2n) is 5.02. The highest BCUT2D eigenvalue weighted by atomic mass is 35.5. The lowest BCUT2D eigenvalue weighted by atomic mass is 10.2. The highest BCUT2D eigenvalue weighted by Crippen LogP contribution is 2.38. The number of hydrogen-bond donors (Lipinski definition) is 0. The van der Waals surface area contributed by atoms with Gasteiger partial charge in [0.2, 0.25) is 0 Å². The molecule has 0 radical (unpaired) electrons. The van der Waals surface area contributed by atoms with Gasteiger partial charge in [-0.05, 0) is 24.7 Å². The Kier molecular flexibility index (Phi) is 5.70. The summed E-state index contributed by atoms with van der Waals surface area (Å²) in [6, 6.07) is 3.82. The van der Waals surface area contributed by atoms with Crippen molar-refractivity contribution in [3.8, 4) is 11.5 Å². The van der Waals surface area contributed by atoms with Crippen molar-refractivity contribution in [2.75, 3.05) is 33.9 Å². The third-order valence-corrected chi connectivity index (χ3v) is 3.52. The molecule has 1 aromatic rings. The summed E-state index contributed by atoms with van der Waals surface area (Å²) >= 11 is 6.26. The van der Waals surface area contributed by atoms with Crippen molar-refractivity contribution in [1.82, 2.24) is 4.90 Å². The molecular weight excluding hydrogens is 294 g/mol. The molecule has 0 N–H and O–H groups in total. The molecule has 0 amide bonds. The lowest BCUT2D eigenvalue weighted by molar-refractivity contribution is -0.140. The smallest absolute Gasteiger partial charge is 0.306 e. The van der Waals surface area contributed by atoms with Crippen molar-refractivity contribution in [1.29, 1.82) is 0 Å². The van der Waals surface area contributed by atoms with Crippen molar-refractivity contribution in [3.63, 3.8) is 0 Å². The maximum Gasteiger partial charge on any atom is 0.306 e. The molecule has 2 rings (SSSR count). The largest absolute Gasteiger partial charge is 0.489 e. The van der Waals surface area contributed by atoms with Gasteiger partial charge in [0.1, 0.15) is 0 Å². The fourth-order valence-electron chi connectivity index (χ4n) is 2.15. The van der Waals surface area contributed by atoms with E-state index in [1.165, 1.54) is 7.11 Å². The molecule has 0 aromatic heterocycles. The summed E-state index contributed by atoms with van der Waals surface area (Å²) in [6.45, 7) is 2.54. The number of nitrogens with zero attached hydrogens (tertiary/aromatic N) is 1. The normalized spacial score (nSPS) is 13.9. The molecule has 0 aliphatic carbocycles. The number of carbonyl (C=O) groups excluding carboxylic acids is 1. The van der Waals surface area contributed by atoms with Crippen LogP contribution >= 0.6 is 11.6 Å². The van der Waals surface area contributed by atoms with Crippen LogP contribution in [0.3, 0.4) is 0 Å². The number of halogens is 1. The van der Waals surface area contributed by atoms with Gasteiger partial charge in [-0.3, -0.25) is 4.79 Å². The number of ether oxygens (including phenoxy) is 3. The minimum absolute atomic E-state index is 0.210. The Labute approximate surface area is 129 Å². The standard InChI is InChI=1S/C15H20ClNO4/c1-17(5-4-14(18)19-2)10-11-8-12(16)15-13(9-11)20-6-3-7-21-15/h8-9H,3-7,10H2,1-2H3. The zero-order valence-electron chi connectivity index (χ0n) is 12.4. The van der Waals surface area contributed by atoms with Crippen LogP contribution in [0.4, 0.5) is 0 Å². The van der Waals surface area contributed by atoms with Gasteiger partial charge in [-0.2, -0.15) is 0 Å². The molecule has 21 heavy (non-hydrogen) atoms. The summed E-state index contributed by atoms with van der Waals surface area (Å²) in [7, 11) is 3.34. The second kappa shape index (κ2) is 7.52. The van der Waals surface area contributed by atoms with Crippen molar-refractivity contribution in [3.05, 3.63) is 22.7 Å². The van der Waals surface area contributed by atoms with Crippen LogP contribution in [0.2, 0.25) is 5.02 Å². The quantitative estimate of drug-likeness (QED) is 0.782. The summed E-state index contributed by atoms with van der Waals surface area (Å²) in [4.78, 5) is 13.2. The minimum atomic E-state index is -0.210. The molecule has 1 aliphatic rings. The van der Waals surface area contributed by atoms with Crippen molar-refractivity contribution in [2.45, 2.75) is 19.4 Å². The molecule has 6 heteroatoms. The van der Waals surface area contributed by atoms with Crippen LogP contribution in [0.5, 0.6) is 11.5 Å². The zero-order valence-corrected chi connectivity index (χ0v) is 13.1. The van der Waals surface area contributed by atoms with Gasteiger partial charge < -0.3 is 19.1 Å². The van der Waals surface area contributed by atoms with Gasteiger partial charge in [0, 0.05) is 19.5 Å². The Morgan fingerprint density at radius 3 is 2.90 bits per heavy atom. The molecule has 116 valence electrons. The first kappa shape index (κ1) is 15.9. The van der Waals surface area contributed by atoms with Crippen LogP contribution in [-0.4, -0.2) is 44.8 Å². The predicted octanol–water partition coefficient (Wildman–Crippen LogP) is 2.50. The van der Waals surface area contributed by atoms with Crippen molar-refractivity contribution in [2.24, 2.45) is 0 Å². The number of carbonyl (C=O) groups is 1. The van der Waals surface area contributed by atoms with Crippen LogP contribution < -0.4 is 9.47 Å². The van der Waals surface area contributed by atoms with E-state index in [9.17, 15) is 4.79 Å². The van der Waals surface area contributed by atoms with Gasteiger partial charge in [0.25, 0.3) is 0 Å². The second-order valence-corrected chi connectivity index (χ2v) is 5.43. The van der Waals surface area contributed by atoms with E-state index in [-0.39, 0.29) is 5.97 Å². The summed E-state index contributed by atoms with van der Waals surface area (Å²) in [5, 5.41) is 0.561. The Bertz CT molecular complexity index is 507. The fraction of sp³-hybridized carbons (Fsp3) is 0.533. The number of esters is 1. The van der Waals surface area contributed by atoms with Gasteiger partial charge in [-0.25, -0.2) is 0 Å². The third-order valence-electron chi connectivity index (χ3n) is 3.24. The molecule has 0 bridgehead atoms. The van der Waals surface area contributed by atoms with Crippen LogP contribution in [0.25, 0.3) is 0 Å². The van der Waals surface area contributed by atoms with Crippen LogP contribution in [-0.2, 0) is 16.1 Å². The highest BCUT2D eigenvalue weighted by Gasteiger charge is 2.16. The molecule has 1 heterocycles. The minimum Gasteiger partial charge on any atom is -0.489 e. The third kappa shape index (κ3) is 4.51. The van der Waals surface area contributed by atoms with Gasteiger partial charge in [-0.15, -0.1) is 0 Å². The summed E-state index contributed by atoms with van der Waals surface area (Å²) in [6.07, 6.45) is 1.21. The van der Waals surface area contributed by atoms with E-state index in [0.29, 0.717) is 49.2 Å². The van der Waals surface area contributed by atoms with E-state index in [4.69, 9.17) is 21.1 Å². The van der Waals surface area contributed by atoms with Gasteiger partial charge in [-0.1, -0.05) is 11.6 Å². The van der Waals surface area contributed by atoms with Gasteiger partial charge in [0.05, 0.1) is 31.8 Å². The Hall–Kier alpha value is -1.46. The molecule has 0 spiro atoms. The van der Waals surface area contributed by atoms with E-state index >= 15 is 0 Å². The molecule has 0 atom stereocenters. The van der Waals surface area contributed by atoms with E-state index in [2.05, 4.69) is 4.74 Å². The average Bonchev–Trinajstić information content (AvgIpc) is 2.70. The summed E-state index contributed by atoms with van der Waals surface area (Å²) < 4.78 is 15.9. The molecule has 0 saturated carbocycles. The number of rotatable bonds is 5. The first-order valence-electron chi connectivity index (χ1n) is 6.93. The number of fused-ring (bicyclic) bond motifs is 1. The van der Waals surface area contributed by atoms with Crippen LogP contribution in [0, 0.1) is 0 Å². The lowest BCUT2D eigenvalue weighted by Gasteiger charge is -2.17. The van der Waals surface area contributed by atoms with E-state index < -0.39 is 0 Å². The van der Waals surface area contributed by atoms with Crippen molar-refractivity contribution >= 4 is 17.6 Å². The number of hydrogen-bond acceptors (Lipinski definition) is 5. The lowest BCUT2D eigenvalue weighted by Crippen LogP contribution is -2.21. The molecule has 5 nitrogen and oxygen atoms in total. The Morgan fingerprint density at radius 2 is 2.14 bits per heavy atom. The van der Waals surface area contributed by atoms with Gasteiger partial charge in [0.15, 0.2) is 11.5 Å². The first-order chi connectivity index (χ1) is 10.1. The van der Waals surface area contributed by atoms with E-state index in [0.717, 1.165) is 12.0 Å². The zero-order chi connectivity index (χ0) is 15.2. The van der Waals surface area contributed by atoms with E-state index in [1.807, 2.05) is 24.1 Å². The predicted molar refractivity (Wildman–Crippen MR) is 80.0 cm³/mol.